The van der Waals surface area contributed by atoms with E-state index in [1.807, 2.05) is 45.0 Å². The molecule has 0 radical (unpaired) electrons. The van der Waals surface area contributed by atoms with Crippen molar-refractivity contribution >= 4 is 11.9 Å². The van der Waals surface area contributed by atoms with Crippen molar-refractivity contribution < 1.29 is 23.8 Å². The van der Waals surface area contributed by atoms with Gasteiger partial charge in [-0.05, 0) is 57.6 Å². The lowest BCUT2D eigenvalue weighted by molar-refractivity contribution is -0.144. The number of nitrogens with one attached hydrogen (secondary N) is 1. The maximum atomic E-state index is 12.4. The zero-order valence-electron chi connectivity index (χ0n) is 19.9. The molecule has 0 spiro atoms. The molecular weight excluding hydrogens is 420 g/mol. The van der Waals surface area contributed by atoms with Crippen molar-refractivity contribution in [1.82, 2.24) is 10.3 Å². The van der Waals surface area contributed by atoms with Gasteiger partial charge in [0.2, 0.25) is 11.8 Å². The van der Waals surface area contributed by atoms with Crippen molar-refractivity contribution in [3.63, 3.8) is 0 Å². The zero-order valence-corrected chi connectivity index (χ0v) is 19.9. The molecule has 3 atom stereocenters. The highest BCUT2D eigenvalue weighted by atomic mass is 16.5. The SMILES string of the molecule is CCCC(CC(=O)NC1CCCC(COCc2nc(-c3cccc(C)c3)oc2C)C1)C(=O)O. The molecule has 0 saturated heterocycles. The van der Waals surface area contributed by atoms with E-state index >= 15 is 0 Å². The minimum Gasteiger partial charge on any atom is -0.481 e. The number of oxazole rings is 1. The van der Waals surface area contributed by atoms with Crippen LogP contribution in [0.3, 0.4) is 0 Å². The van der Waals surface area contributed by atoms with Gasteiger partial charge in [0.15, 0.2) is 0 Å². The number of hydrogen-bond donors (Lipinski definition) is 2. The monoisotopic (exact) mass is 456 g/mol. The second-order valence-electron chi connectivity index (χ2n) is 9.23. The number of ether oxygens (including phenoxy) is 1. The highest BCUT2D eigenvalue weighted by Gasteiger charge is 2.26. The van der Waals surface area contributed by atoms with Crippen molar-refractivity contribution in [2.24, 2.45) is 11.8 Å². The van der Waals surface area contributed by atoms with Crippen LogP contribution >= 0.6 is 0 Å². The summed E-state index contributed by atoms with van der Waals surface area (Å²) in [5.41, 5.74) is 2.92. The molecular formula is C26H36N2O5. The first-order valence-electron chi connectivity index (χ1n) is 12.0. The van der Waals surface area contributed by atoms with Gasteiger partial charge in [-0.3, -0.25) is 9.59 Å². The van der Waals surface area contributed by atoms with E-state index in [4.69, 9.17) is 9.15 Å². The Labute approximate surface area is 195 Å². The highest BCUT2D eigenvalue weighted by molar-refractivity contribution is 5.82. The molecule has 1 fully saturated rings. The molecule has 3 rings (SSSR count). The molecule has 1 aromatic carbocycles. The summed E-state index contributed by atoms with van der Waals surface area (Å²) in [5.74, 6) is 0.0739. The molecule has 1 aliphatic rings. The Hall–Kier alpha value is -2.67. The minimum absolute atomic E-state index is 0.0511. The van der Waals surface area contributed by atoms with E-state index in [1.54, 1.807) is 0 Å². The number of aryl methyl sites for hydroxylation is 2. The molecule has 33 heavy (non-hydrogen) atoms. The normalized spacial score (nSPS) is 19.2. The first kappa shape index (κ1) is 25.0. The number of amides is 1. The third kappa shape index (κ3) is 7.42. The third-order valence-electron chi connectivity index (χ3n) is 6.32. The molecule has 1 heterocycles. The van der Waals surface area contributed by atoms with E-state index in [0.717, 1.165) is 54.7 Å². The fourth-order valence-corrected chi connectivity index (χ4v) is 4.53. The number of carbonyl (C=O) groups excluding carboxylic acids is 1. The van der Waals surface area contributed by atoms with Gasteiger partial charge < -0.3 is 19.6 Å². The largest absolute Gasteiger partial charge is 0.481 e. The maximum Gasteiger partial charge on any atom is 0.307 e. The second kappa shape index (κ2) is 12.0. The van der Waals surface area contributed by atoms with Crippen molar-refractivity contribution in [2.75, 3.05) is 6.61 Å². The Bertz CT molecular complexity index is 939. The summed E-state index contributed by atoms with van der Waals surface area (Å²) < 4.78 is 11.8. The Morgan fingerprint density at radius 1 is 1.30 bits per heavy atom. The summed E-state index contributed by atoms with van der Waals surface area (Å²) in [5, 5.41) is 12.3. The lowest BCUT2D eigenvalue weighted by Gasteiger charge is -2.30. The highest BCUT2D eigenvalue weighted by Crippen LogP contribution is 2.26. The molecule has 3 unspecified atom stereocenters. The van der Waals surface area contributed by atoms with Gasteiger partial charge in [-0.1, -0.05) is 37.5 Å². The van der Waals surface area contributed by atoms with E-state index in [9.17, 15) is 14.7 Å². The Balaban J connectivity index is 1.46. The van der Waals surface area contributed by atoms with E-state index < -0.39 is 11.9 Å². The molecule has 2 aromatic rings. The lowest BCUT2D eigenvalue weighted by atomic mass is 9.86. The summed E-state index contributed by atoms with van der Waals surface area (Å²) in [6.45, 7) is 6.88. The van der Waals surface area contributed by atoms with Crippen LogP contribution in [0.25, 0.3) is 11.5 Å². The predicted molar refractivity (Wildman–Crippen MR) is 126 cm³/mol. The standard InChI is InChI=1S/C26H36N2O5/c1-4-7-21(26(30)31)14-24(29)27-22-11-6-9-19(13-22)15-32-16-23-18(3)33-25(28-23)20-10-5-8-17(2)12-20/h5,8,10,12,19,21-22H,4,6-7,9,11,13-16H2,1-3H3,(H,27,29)(H,30,31). The van der Waals surface area contributed by atoms with Crippen molar-refractivity contribution in [2.45, 2.75) is 78.4 Å². The summed E-state index contributed by atoms with van der Waals surface area (Å²) in [6, 6.07) is 8.15. The molecule has 0 bridgehead atoms. The van der Waals surface area contributed by atoms with Gasteiger partial charge in [0.1, 0.15) is 11.5 Å². The van der Waals surface area contributed by atoms with Crippen molar-refractivity contribution in [3.8, 4) is 11.5 Å². The van der Waals surface area contributed by atoms with Crippen LogP contribution in [-0.4, -0.2) is 34.6 Å². The molecule has 7 heteroatoms. The fourth-order valence-electron chi connectivity index (χ4n) is 4.53. The van der Waals surface area contributed by atoms with Crippen molar-refractivity contribution in [1.29, 1.82) is 0 Å². The molecule has 1 aliphatic carbocycles. The van der Waals surface area contributed by atoms with Crippen LogP contribution in [-0.2, 0) is 20.9 Å². The smallest absolute Gasteiger partial charge is 0.307 e. The zero-order chi connectivity index (χ0) is 23.8. The first-order valence-corrected chi connectivity index (χ1v) is 12.0. The van der Waals surface area contributed by atoms with Crippen LogP contribution in [0.4, 0.5) is 0 Å². The van der Waals surface area contributed by atoms with Crippen LogP contribution < -0.4 is 5.32 Å². The van der Waals surface area contributed by atoms with Crippen LogP contribution in [0.2, 0.25) is 0 Å². The van der Waals surface area contributed by atoms with Crippen LogP contribution in [0, 0.1) is 25.7 Å². The first-order chi connectivity index (χ1) is 15.9. The molecule has 1 aromatic heterocycles. The molecule has 0 aliphatic heterocycles. The van der Waals surface area contributed by atoms with Crippen LogP contribution in [0.15, 0.2) is 28.7 Å². The van der Waals surface area contributed by atoms with Gasteiger partial charge >= 0.3 is 5.97 Å². The van der Waals surface area contributed by atoms with Gasteiger partial charge in [-0.2, -0.15) is 0 Å². The maximum absolute atomic E-state index is 12.4. The van der Waals surface area contributed by atoms with Gasteiger partial charge in [0.05, 0.1) is 12.5 Å². The van der Waals surface area contributed by atoms with E-state index in [-0.39, 0.29) is 18.4 Å². The van der Waals surface area contributed by atoms with Crippen LogP contribution in [0.5, 0.6) is 0 Å². The predicted octanol–water partition coefficient (Wildman–Crippen LogP) is 5.04. The Morgan fingerprint density at radius 2 is 2.12 bits per heavy atom. The number of nitrogens with zero attached hydrogens (tertiary/aromatic N) is 1. The number of rotatable bonds is 11. The van der Waals surface area contributed by atoms with Crippen LogP contribution in [0.1, 0.15) is 68.9 Å². The molecule has 7 nitrogen and oxygen atoms in total. The Kier molecular flexibility index (Phi) is 9.06. The number of carboxylic acids is 1. The molecule has 2 N–H and O–H groups in total. The molecule has 1 saturated carbocycles. The topological polar surface area (TPSA) is 102 Å². The lowest BCUT2D eigenvalue weighted by Crippen LogP contribution is -2.40. The Morgan fingerprint density at radius 3 is 2.85 bits per heavy atom. The number of carboxylic acid groups (broad SMARTS) is 1. The average molecular weight is 457 g/mol. The summed E-state index contributed by atoms with van der Waals surface area (Å²) in [4.78, 5) is 28.3. The number of carbonyl (C=O) groups is 2. The molecule has 180 valence electrons. The molecule has 1 amide bonds. The van der Waals surface area contributed by atoms with Gasteiger partial charge in [-0.25, -0.2) is 4.98 Å². The minimum atomic E-state index is -0.893. The van der Waals surface area contributed by atoms with Gasteiger partial charge in [0, 0.05) is 24.6 Å². The van der Waals surface area contributed by atoms with Gasteiger partial charge in [-0.15, -0.1) is 0 Å². The third-order valence-corrected chi connectivity index (χ3v) is 6.32. The van der Waals surface area contributed by atoms with Gasteiger partial charge in [0.25, 0.3) is 0 Å². The number of benzene rings is 1. The second-order valence-corrected chi connectivity index (χ2v) is 9.23. The van der Waals surface area contributed by atoms with Crippen molar-refractivity contribution in [3.05, 3.63) is 41.3 Å². The number of hydrogen-bond acceptors (Lipinski definition) is 5. The fraction of sp³-hybridized carbons (Fsp3) is 0.577. The summed E-state index contributed by atoms with van der Waals surface area (Å²) in [6.07, 6.45) is 5.19. The van der Waals surface area contributed by atoms with E-state index in [2.05, 4.69) is 10.3 Å². The summed E-state index contributed by atoms with van der Waals surface area (Å²) >= 11 is 0. The number of aliphatic carboxylic acids is 1. The average Bonchev–Trinajstić information content (AvgIpc) is 3.14. The quantitative estimate of drug-likeness (QED) is 0.491. The summed E-state index contributed by atoms with van der Waals surface area (Å²) in [7, 11) is 0. The van der Waals surface area contributed by atoms with E-state index in [0.29, 0.717) is 31.4 Å². The van der Waals surface area contributed by atoms with E-state index in [1.165, 1.54) is 0 Å². The number of aromatic nitrogens is 1.